The van der Waals surface area contributed by atoms with Gasteiger partial charge in [-0.3, -0.25) is 4.79 Å². The van der Waals surface area contributed by atoms with E-state index < -0.39 is 0 Å². The molecule has 0 unspecified atom stereocenters. The second-order valence-electron chi connectivity index (χ2n) is 6.70. The third-order valence-corrected chi connectivity index (χ3v) is 5.78. The van der Waals surface area contributed by atoms with E-state index in [1.807, 2.05) is 12.3 Å². The van der Waals surface area contributed by atoms with Crippen molar-refractivity contribution in [3.63, 3.8) is 0 Å². The number of hydrogen-bond donors (Lipinski definition) is 1. The lowest BCUT2D eigenvalue weighted by molar-refractivity contribution is -0.120. The van der Waals surface area contributed by atoms with Crippen molar-refractivity contribution in [2.45, 2.75) is 19.8 Å². The molecule has 26 heavy (non-hydrogen) atoms. The van der Waals surface area contributed by atoms with Crippen LogP contribution in [0.4, 0.5) is 15.9 Å². The highest BCUT2D eigenvalue weighted by Crippen LogP contribution is 2.31. The molecule has 0 spiro atoms. The van der Waals surface area contributed by atoms with Gasteiger partial charge in [-0.05, 0) is 61.0 Å². The molecule has 0 radical (unpaired) electrons. The Morgan fingerprint density at radius 3 is 3.08 bits per heavy atom. The quantitative estimate of drug-likeness (QED) is 0.734. The minimum Gasteiger partial charge on any atom is -0.355 e. The molecule has 0 aliphatic carbocycles. The fourth-order valence-corrected chi connectivity index (χ4v) is 4.29. The summed E-state index contributed by atoms with van der Waals surface area (Å²) in [4.78, 5) is 19.5. The largest absolute Gasteiger partial charge is 0.355 e. The number of halogens is 1. The zero-order chi connectivity index (χ0) is 18.1. The first-order valence-corrected chi connectivity index (χ1v) is 9.64. The number of rotatable bonds is 3. The SMILES string of the molecule is Cc1cc(F)ccc1NC(=O)[C@H]1CCCN(c2nccc3sccc23)C1. The molecule has 6 heteroatoms. The maximum absolute atomic E-state index is 13.3. The number of aromatic nitrogens is 1. The number of thiophene rings is 1. The van der Waals surface area contributed by atoms with Crippen molar-refractivity contribution in [3.05, 3.63) is 53.3 Å². The first-order valence-electron chi connectivity index (χ1n) is 8.76. The first-order chi connectivity index (χ1) is 12.6. The lowest BCUT2D eigenvalue weighted by atomic mass is 9.96. The summed E-state index contributed by atoms with van der Waals surface area (Å²) in [6.45, 7) is 3.35. The number of fused-ring (bicyclic) bond motifs is 1. The van der Waals surface area contributed by atoms with E-state index in [2.05, 4.69) is 26.6 Å². The van der Waals surface area contributed by atoms with Crippen LogP contribution >= 0.6 is 11.3 Å². The Bertz CT molecular complexity index is 955. The first kappa shape index (κ1) is 17.0. The zero-order valence-electron chi connectivity index (χ0n) is 14.5. The lowest BCUT2D eigenvalue weighted by Gasteiger charge is -2.33. The molecule has 1 saturated heterocycles. The fourth-order valence-electron chi connectivity index (χ4n) is 3.52. The van der Waals surface area contributed by atoms with E-state index in [9.17, 15) is 9.18 Å². The molecule has 3 aromatic rings. The van der Waals surface area contributed by atoms with Crippen LogP contribution in [0.2, 0.25) is 0 Å². The van der Waals surface area contributed by atoms with Crippen molar-refractivity contribution < 1.29 is 9.18 Å². The van der Waals surface area contributed by atoms with Gasteiger partial charge in [-0.25, -0.2) is 9.37 Å². The number of pyridine rings is 1. The maximum Gasteiger partial charge on any atom is 0.229 e. The van der Waals surface area contributed by atoms with Gasteiger partial charge in [0, 0.05) is 35.1 Å². The number of anilines is 2. The molecule has 3 heterocycles. The molecule has 4 nitrogen and oxygen atoms in total. The number of benzene rings is 1. The normalized spacial score (nSPS) is 17.5. The Labute approximate surface area is 155 Å². The molecule has 134 valence electrons. The summed E-state index contributed by atoms with van der Waals surface area (Å²) in [5, 5.41) is 6.18. The van der Waals surface area contributed by atoms with E-state index >= 15 is 0 Å². The molecule has 4 rings (SSSR count). The van der Waals surface area contributed by atoms with Gasteiger partial charge in [0.2, 0.25) is 5.91 Å². The Morgan fingerprint density at radius 1 is 1.35 bits per heavy atom. The van der Waals surface area contributed by atoms with Gasteiger partial charge in [-0.15, -0.1) is 11.3 Å². The van der Waals surface area contributed by atoms with Crippen molar-refractivity contribution in [1.82, 2.24) is 4.98 Å². The van der Waals surface area contributed by atoms with E-state index in [1.165, 1.54) is 16.8 Å². The number of amides is 1. The topological polar surface area (TPSA) is 45.2 Å². The van der Waals surface area contributed by atoms with Crippen molar-refractivity contribution >= 4 is 38.8 Å². The minimum atomic E-state index is -0.292. The lowest BCUT2D eigenvalue weighted by Crippen LogP contribution is -2.41. The summed E-state index contributed by atoms with van der Waals surface area (Å²) in [6.07, 6.45) is 3.63. The minimum absolute atomic E-state index is 0.0121. The number of carbonyl (C=O) groups excluding carboxylic acids is 1. The Hall–Kier alpha value is -2.47. The predicted octanol–water partition coefficient (Wildman–Crippen LogP) is 4.60. The average Bonchev–Trinajstić information content (AvgIpc) is 3.13. The van der Waals surface area contributed by atoms with Gasteiger partial charge in [0.25, 0.3) is 0 Å². The highest BCUT2D eigenvalue weighted by molar-refractivity contribution is 7.17. The molecule has 1 amide bonds. The summed E-state index contributed by atoms with van der Waals surface area (Å²) in [5.74, 6) is 0.546. The molecule has 1 aliphatic rings. The van der Waals surface area contributed by atoms with Gasteiger partial charge in [0.1, 0.15) is 11.6 Å². The molecule has 1 N–H and O–H groups in total. The summed E-state index contributed by atoms with van der Waals surface area (Å²) < 4.78 is 14.5. The van der Waals surface area contributed by atoms with Gasteiger partial charge in [0.05, 0.1) is 5.92 Å². The van der Waals surface area contributed by atoms with E-state index in [0.29, 0.717) is 12.2 Å². The van der Waals surface area contributed by atoms with E-state index in [-0.39, 0.29) is 17.6 Å². The van der Waals surface area contributed by atoms with Crippen LogP contribution in [-0.2, 0) is 4.79 Å². The monoisotopic (exact) mass is 369 g/mol. The Kier molecular flexibility index (Phi) is 4.59. The second-order valence-corrected chi connectivity index (χ2v) is 7.65. The zero-order valence-corrected chi connectivity index (χ0v) is 15.4. The number of hydrogen-bond acceptors (Lipinski definition) is 4. The molecular formula is C20H20FN3OS. The number of carbonyl (C=O) groups is 1. The molecular weight excluding hydrogens is 349 g/mol. The van der Waals surface area contributed by atoms with E-state index in [4.69, 9.17) is 0 Å². The Balaban J connectivity index is 1.51. The van der Waals surface area contributed by atoms with Crippen LogP contribution in [0, 0.1) is 18.7 Å². The van der Waals surface area contributed by atoms with Crippen LogP contribution in [0.5, 0.6) is 0 Å². The van der Waals surface area contributed by atoms with E-state index in [1.54, 1.807) is 24.3 Å². The smallest absolute Gasteiger partial charge is 0.229 e. The molecule has 1 fully saturated rings. The molecule has 2 aromatic heterocycles. The van der Waals surface area contributed by atoms with Gasteiger partial charge >= 0.3 is 0 Å². The molecule has 1 aliphatic heterocycles. The molecule has 0 bridgehead atoms. The van der Waals surface area contributed by atoms with Gasteiger partial charge in [-0.1, -0.05) is 0 Å². The number of piperidine rings is 1. The number of nitrogens with one attached hydrogen (secondary N) is 1. The summed E-state index contributed by atoms with van der Waals surface area (Å²) in [5.41, 5.74) is 1.40. The van der Waals surface area contributed by atoms with Crippen LogP contribution in [0.15, 0.2) is 41.9 Å². The van der Waals surface area contributed by atoms with Crippen LogP contribution in [0.1, 0.15) is 18.4 Å². The third-order valence-electron chi connectivity index (χ3n) is 4.90. The molecule has 0 saturated carbocycles. The molecule has 1 aromatic carbocycles. The van der Waals surface area contributed by atoms with E-state index in [0.717, 1.165) is 36.2 Å². The third kappa shape index (κ3) is 3.29. The van der Waals surface area contributed by atoms with Gasteiger partial charge in [0.15, 0.2) is 0 Å². The van der Waals surface area contributed by atoms with Crippen LogP contribution < -0.4 is 10.2 Å². The van der Waals surface area contributed by atoms with Crippen LogP contribution in [-0.4, -0.2) is 24.0 Å². The summed E-state index contributed by atoms with van der Waals surface area (Å²) in [6, 6.07) is 8.54. The summed E-state index contributed by atoms with van der Waals surface area (Å²) >= 11 is 1.70. The van der Waals surface area contributed by atoms with Crippen molar-refractivity contribution in [2.75, 3.05) is 23.3 Å². The maximum atomic E-state index is 13.3. The standard InChI is InChI=1S/C20H20FN3OS/c1-13-11-15(21)4-5-17(13)23-20(25)14-3-2-9-24(12-14)19-16-7-10-26-18(16)6-8-22-19/h4-8,10-11,14H,2-3,9,12H2,1H3,(H,23,25)/t14-/m0/s1. The average molecular weight is 369 g/mol. The molecule has 1 atom stereocenters. The van der Waals surface area contributed by atoms with Gasteiger partial charge < -0.3 is 10.2 Å². The fraction of sp³-hybridized carbons (Fsp3) is 0.300. The number of nitrogens with zero attached hydrogens (tertiary/aromatic N) is 2. The highest BCUT2D eigenvalue weighted by Gasteiger charge is 2.27. The van der Waals surface area contributed by atoms with Gasteiger partial charge in [-0.2, -0.15) is 0 Å². The van der Waals surface area contributed by atoms with Crippen LogP contribution in [0.3, 0.4) is 0 Å². The number of aryl methyl sites for hydroxylation is 1. The summed E-state index contributed by atoms with van der Waals surface area (Å²) in [7, 11) is 0. The highest BCUT2D eigenvalue weighted by atomic mass is 32.1. The van der Waals surface area contributed by atoms with Crippen LogP contribution in [0.25, 0.3) is 10.1 Å². The predicted molar refractivity (Wildman–Crippen MR) is 104 cm³/mol. The Morgan fingerprint density at radius 2 is 2.23 bits per heavy atom. The van der Waals surface area contributed by atoms with Crippen molar-refractivity contribution in [2.24, 2.45) is 5.92 Å². The second kappa shape index (κ2) is 7.03. The van der Waals surface area contributed by atoms with Crippen molar-refractivity contribution in [1.29, 1.82) is 0 Å². The van der Waals surface area contributed by atoms with Crippen molar-refractivity contribution in [3.8, 4) is 0 Å².